The second-order valence-electron chi connectivity index (χ2n) is 7.82. The quantitative estimate of drug-likeness (QED) is 0.489. The first-order chi connectivity index (χ1) is 16.1. The fourth-order valence-electron chi connectivity index (χ4n) is 3.93. The highest BCUT2D eigenvalue weighted by Gasteiger charge is 2.32. The van der Waals surface area contributed by atoms with Gasteiger partial charge in [0.1, 0.15) is 29.1 Å². The average molecular weight is 439 g/mol. The largest absolute Gasteiger partial charge is 0.358 e. The molecule has 0 unspecified atom stereocenters. The first kappa shape index (κ1) is 20.5. The SMILES string of the molecule is Cc1cc(Nc2ccc(C#N)cn2)nc(N2CCC[C@H]2c2cc(-c3nccnc3C)no2)n1. The van der Waals surface area contributed by atoms with E-state index in [1.165, 1.54) is 6.20 Å². The van der Waals surface area contributed by atoms with Crippen LogP contribution < -0.4 is 10.2 Å². The normalized spacial score (nSPS) is 15.4. The minimum Gasteiger partial charge on any atom is -0.358 e. The van der Waals surface area contributed by atoms with Crippen LogP contribution in [0.25, 0.3) is 11.4 Å². The van der Waals surface area contributed by atoms with Crippen LogP contribution >= 0.6 is 0 Å². The van der Waals surface area contributed by atoms with Gasteiger partial charge in [0.2, 0.25) is 5.95 Å². The molecule has 4 aromatic heterocycles. The van der Waals surface area contributed by atoms with Crippen molar-refractivity contribution < 1.29 is 4.52 Å². The molecule has 10 nitrogen and oxygen atoms in total. The molecule has 33 heavy (non-hydrogen) atoms. The van der Waals surface area contributed by atoms with Gasteiger partial charge in [-0.25, -0.2) is 9.97 Å². The van der Waals surface area contributed by atoms with E-state index < -0.39 is 0 Å². The van der Waals surface area contributed by atoms with Gasteiger partial charge < -0.3 is 14.7 Å². The number of nitrogens with zero attached hydrogens (tertiary/aromatic N) is 8. The number of rotatable bonds is 5. The Morgan fingerprint density at radius 1 is 1.09 bits per heavy atom. The zero-order chi connectivity index (χ0) is 22.8. The highest BCUT2D eigenvalue weighted by Crippen LogP contribution is 2.36. The summed E-state index contributed by atoms with van der Waals surface area (Å²) in [6.45, 7) is 4.64. The van der Waals surface area contributed by atoms with E-state index in [9.17, 15) is 0 Å². The van der Waals surface area contributed by atoms with Crippen molar-refractivity contribution in [3.05, 3.63) is 65.6 Å². The van der Waals surface area contributed by atoms with Crippen molar-refractivity contribution in [2.45, 2.75) is 32.7 Å². The summed E-state index contributed by atoms with van der Waals surface area (Å²) in [5.74, 6) is 2.60. The molecule has 1 fully saturated rings. The number of aryl methyl sites for hydroxylation is 2. The Balaban J connectivity index is 1.41. The summed E-state index contributed by atoms with van der Waals surface area (Å²) in [6.07, 6.45) is 6.73. The van der Waals surface area contributed by atoms with Crippen molar-refractivity contribution in [1.82, 2.24) is 30.1 Å². The zero-order valence-electron chi connectivity index (χ0n) is 18.2. The molecule has 0 aliphatic carbocycles. The van der Waals surface area contributed by atoms with Gasteiger partial charge in [-0.3, -0.25) is 9.97 Å². The van der Waals surface area contributed by atoms with Crippen molar-refractivity contribution >= 4 is 17.6 Å². The maximum absolute atomic E-state index is 8.96. The number of hydrogen-bond donors (Lipinski definition) is 1. The minimum atomic E-state index is -0.0223. The average Bonchev–Trinajstić information content (AvgIpc) is 3.49. The molecule has 1 aliphatic rings. The predicted octanol–water partition coefficient (Wildman–Crippen LogP) is 3.89. The van der Waals surface area contributed by atoms with E-state index >= 15 is 0 Å². The summed E-state index contributed by atoms with van der Waals surface area (Å²) in [7, 11) is 0. The van der Waals surface area contributed by atoms with Crippen LogP contribution in [0.3, 0.4) is 0 Å². The highest BCUT2D eigenvalue weighted by molar-refractivity contribution is 5.57. The van der Waals surface area contributed by atoms with Crippen LogP contribution in [-0.2, 0) is 0 Å². The molecule has 0 amide bonds. The summed E-state index contributed by atoms with van der Waals surface area (Å²) < 4.78 is 5.72. The lowest BCUT2D eigenvalue weighted by molar-refractivity contribution is 0.362. The van der Waals surface area contributed by atoms with E-state index in [4.69, 9.17) is 14.8 Å². The molecular formula is C23H21N9O. The fraction of sp³-hybridized carbons (Fsp3) is 0.261. The highest BCUT2D eigenvalue weighted by atomic mass is 16.5. The van der Waals surface area contributed by atoms with Crippen molar-refractivity contribution in [3.8, 4) is 17.5 Å². The van der Waals surface area contributed by atoms with Crippen LogP contribution in [0.4, 0.5) is 17.6 Å². The van der Waals surface area contributed by atoms with Crippen molar-refractivity contribution in [1.29, 1.82) is 5.26 Å². The molecule has 1 saturated heterocycles. The Bertz CT molecular complexity index is 1330. The molecule has 0 aromatic carbocycles. The lowest BCUT2D eigenvalue weighted by Crippen LogP contribution is -2.25. The Hall–Kier alpha value is -4.39. The van der Waals surface area contributed by atoms with Crippen molar-refractivity contribution in [2.24, 2.45) is 0 Å². The Labute approximate surface area is 190 Å². The van der Waals surface area contributed by atoms with Gasteiger partial charge in [-0.05, 0) is 38.8 Å². The van der Waals surface area contributed by atoms with Gasteiger partial charge in [-0.2, -0.15) is 10.2 Å². The molecular weight excluding hydrogens is 418 g/mol. The molecule has 1 aliphatic heterocycles. The standard InChI is InChI=1S/C23H21N9O/c1-14-10-21(29-20-6-5-16(12-24)13-27-20)30-23(28-14)32-9-3-4-18(32)19-11-17(31-33-19)22-15(2)25-7-8-26-22/h5-8,10-11,13,18H,3-4,9H2,1-2H3,(H,27,28,29,30)/t18-/m0/s1. The lowest BCUT2D eigenvalue weighted by atomic mass is 10.1. The van der Waals surface area contributed by atoms with E-state index in [1.807, 2.05) is 26.0 Å². The predicted molar refractivity (Wildman–Crippen MR) is 121 cm³/mol. The van der Waals surface area contributed by atoms with E-state index in [1.54, 1.807) is 24.5 Å². The monoisotopic (exact) mass is 439 g/mol. The van der Waals surface area contributed by atoms with Gasteiger partial charge in [0, 0.05) is 43.0 Å². The van der Waals surface area contributed by atoms with Crippen molar-refractivity contribution in [2.75, 3.05) is 16.8 Å². The number of pyridine rings is 1. The van der Waals surface area contributed by atoms with E-state index in [-0.39, 0.29) is 6.04 Å². The third-order valence-corrected chi connectivity index (χ3v) is 5.48. The zero-order valence-corrected chi connectivity index (χ0v) is 18.2. The maximum atomic E-state index is 8.96. The molecule has 0 saturated carbocycles. The Morgan fingerprint density at radius 3 is 2.76 bits per heavy atom. The van der Waals surface area contributed by atoms with Crippen molar-refractivity contribution in [3.63, 3.8) is 0 Å². The van der Waals surface area contributed by atoms with Gasteiger partial charge in [-0.1, -0.05) is 5.16 Å². The van der Waals surface area contributed by atoms with Crippen LogP contribution in [0.1, 0.15) is 41.6 Å². The molecule has 5 heterocycles. The molecule has 1 N–H and O–H groups in total. The molecule has 1 atom stereocenters. The molecule has 0 spiro atoms. The summed E-state index contributed by atoms with van der Waals surface area (Å²) >= 11 is 0. The Morgan fingerprint density at radius 2 is 1.97 bits per heavy atom. The number of nitriles is 1. The van der Waals surface area contributed by atoms with Gasteiger partial charge in [-0.15, -0.1) is 0 Å². The molecule has 5 rings (SSSR count). The number of hydrogen-bond acceptors (Lipinski definition) is 10. The molecule has 4 aromatic rings. The summed E-state index contributed by atoms with van der Waals surface area (Å²) in [5.41, 5.74) is 3.51. The van der Waals surface area contributed by atoms with Crippen LogP contribution in [0.2, 0.25) is 0 Å². The summed E-state index contributed by atoms with van der Waals surface area (Å²) in [5, 5.41) is 16.4. The van der Waals surface area contributed by atoms with Crippen LogP contribution in [0, 0.1) is 25.2 Å². The van der Waals surface area contributed by atoms with Gasteiger partial charge in [0.05, 0.1) is 17.3 Å². The van der Waals surface area contributed by atoms with Crippen LogP contribution in [0.5, 0.6) is 0 Å². The molecule has 0 radical (unpaired) electrons. The van der Waals surface area contributed by atoms with E-state index in [2.05, 4.69) is 41.4 Å². The smallest absolute Gasteiger partial charge is 0.228 e. The number of aromatic nitrogens is 6. The van der Waals surface area contributed by atoms with Gasteiger partial charge in [0.25, 0.3) is 0 Å². The molecule has 164 valence electrons. The maximum Gasteiger partial charge on any atom is 0.228 e. The second-order valence-corrected chi connectivity index (χ2v) is 7.82. The first-order valence-corrected chi connectivity index (χ1v) is 10.6. The fourth-order valence-corrected chi connectivity index (χ4v) is 3.93. The van der Waals surface area contributed by atoms with Crippen LogP contribution in [-0.4, -0.2) is 36.6 Å². The molecule has 0 bridgehead atoms. The van der Waals surface area contributed by atoms with E-state index in [0.717, 1.165) is 36.5 Å². The minimum absolute atomic E-state index is 0.0223. The third-order valence-electron chi connectivity index (χ3n) is 5.48. The molecule has 10 heteroatoms. The summed E-state index contributed by atoms with van der Waals surface area (Å²) in [4.78, 5) is 24.5. The van der Waals surface area contributed by atoms with Gasteiger partial charge >= 0.3 is 0 Å². The second kappa shape index (κ2) is 8.63. The first-order valence-electron chi connectivity index (χ1n) is 10.6. The van der Waals surface area contributed by atoms with E-state index in [0.29, 0.717) is 34.5 Å². The Kier molecular flexibility index (Phi) is 5.36. The topological polar surface area (TPSA) is 130 Å². The number of anilines is 3. The number of nitrogens with one attached hydrogen (secondary N) is 1. The third kappa shape index (κ3) is 4.21. The van der Waals surface area contributed by atoms with Crippen LogP contribution in [0.15, 0.2) is 47.4 Å². The lowest BCUT2D eigenvalue weighted by Gasteiger charge is -2.23. The summed E-state index contributed by atoms with van der Waals surface area (Å²) in [6, 6.07) is 9.29. The van der Waals surface area contributed by atoms with Gasteiger partial charge in [0.15, 0.2) is 5.76 Å².